The van der Waals surface area contributed by atoms with Gasteiger partial charge in [-0.25, -0.2) is 0 Å². The number of hydrogen-bond acceptors (Lipinski definition) is 5. The van der Waals surface area contributed by atoms with Crippen molar-refractivity contribution in [2.45, 2.75) is 6.92 Å². The molecule has 0 saturated carbocycles. The lowest BCUT2D eigenvalue weighted by Gasteiger charge is -2.11. The van der Waals surface area contributed by atoms with Crippen LogP contribution in [0.1, 0.15) is 27.6 Å². The van der Waals surface area contributed by atoms with Crippen molar-refractivity contribution < 1.29 is 22.3 Å². The molecule has 90 valence electrons. The number of fused-ring (bicyclic) bond motifs is 1. The van der Waals surface area contributed by atoms with Crippen molar-refractivity contribution >= 4 is 21.9 Å². The van der Waals surface area contributed by atoms with Crippen molar-refractivity contribution in [1.29, 1.82) is 0 Å². The molecule has 1 heterocycles. The van der Waals surface area contributed by atoms with E-state index in [1.807, 2.05) is 0 Å². The van der Waals surface area contributed by atoms with Crippen LogP contribution < -0.4 is 0 Å². The zero-order valence-corrected chi connectivity index (χ0v) is 9.73. The van der Waals surface area contributed by atoms with Crippen LogP contribution in [0.2, 0.25) is 0 Å². The molecular formula is C10H9NO5S. The van der Waals surface area contributed by atoms with Gasteiger partial charge in [0.25, 0.3) is 21.9 Å². The van der Waals surface area contributed by atoms with E-state index in [1.165, 1.54) is 19.1 Å². The third-order valence-electron chi connectivity index (χ3n) is 2.30. The zero-order valence-electron chi connectivity index (χ0n) is 8.91. The van der Waals surface area contributed by atoms with Crippen LogP contribution in [0.5, 0.6) is 0 Å². The molecule has 0 atom stereocenters. The maximum atomic E-state index is 11.7. The predicted molar refractivity (Wildman–Crippen MR) is 57.5 cm³/mol. The number of imide groups is 1. The molecule has 1 aromatic carbocycles. The summed E-state index contributed by atoms with van der Waals surface area (Å²) in [6, 6.07) is 6.05. The van der Waals surface area contributed by atoms with E-state index in [2.05, 4.69) is 4.28 Å². The molecule has 0 unspecified atom stereocenters. The number of amides is 2. The summed E-state index contributed by atoms with van der Waals surface area (Å²) in [6.07, 6.45) is 0. The van der Waals surface area contributed by atoms with Gasteiger partial charge in [0, 0.05) is 0 Å². The van der Waals surface area contributed by atoms with E-state index >= 15 is 0 Å². The average Bonchev–Trinajstić information content (AvgIpc) is 2.55. The van der Waals surface area contributed by atoms with Crippen LogP contribution in [0, 0.1) is 0 Å². The minimum absolute atomic E-state index is 0.142. The van der Waals surface area contributed by atoms with Crippen molar-refractivity contribution in [2.75, 3.05) is 5.75 Å². The number of benzene rings is 1. The van der Waals surface area contributed by atoms with Crippen LogP contribution in [0.4, 0.5) is 0 Å². The lowest BCUT2D eigenvalue weighted by atomic mass is 10.1. The molecule has 17 heavy (non-hydrogen) atoms. The molecule has 1 aliphatic rings. The van der Waals surface area contributed by atoms with Crippen LogP contribution in [0.3, 0.4) is 0 Å². The number of carbonyl (C=O) groups is 2. The molecule has 6 nitrogen and oxygen atoms in total. The Morgan fingerprint density at radius 1 is 1.12 bits per heavy atom. The van der Waals surface area contributed by atoms with E-state index in [4.69, 9.17) is 0 Å². The van der Waals surface area contributed by atoms with E-state index in [-0.39, 0.29) is 21.9 Å². The van der Waals surface area contributed by atoms with Gasteiger partial charge in [-0.15, -0.1) is 9.35 Å². The molecule has 0 fully saturated rings. The number of carbonyl (C=O) groups excluding carboxylic acids is 2. The molecule has 1 aromatic rings. The molecule has 1 aliphatic heterocycles. The Bertz CT molecular complexity index is 557. The van der Waals surface area contributed by atoms with Gasteiger partial charge in [-0.05, 0) is 19.1 Å². The van der Waals surface area contributed by atoms with Crippen molar-refractivity contribution in [1.82, 2.24) is 5.06 Å². The molecule has 0 saturated heterocycles. The first-order valence-electron chi connectivity index (χ1n) is 4.86. The van der Waals surface area contributed by atoms with E-state index in [1.54, 1.807) is 12.1 Å². The number of rotatable bonds is 3. The fourth-order valence-electron chi connectivity index (χ4n) is 1.40. The Balaban J connectivity index is 2.37. The summed E-state index contributed by atoms with van der Waals surface area (Å²) in [4.78, 5) is 23.4. The summed E-state index contributed by atoms with van der Waals surface area (Å²) >= 11 is 0. The third kappa shape index (κ3) is 1.94. The molecule has 0 aromatic heterocycles. The molecule has 0 bridgehead atoms. The maximum absolute atomic E-state index is 11.7. The van der Waals surface area contributed by atoms with Crippen LogP contribution in [-0.4, -0.2) is 31.0 Å². The third-order valence-corrected chi connectivity index (χ3v) is 3.38. The summed E-state index contributed by atoms with van der Waals surface area (Å²) in [5.74, 6) is -1.84. The smallest absolute Gasteiger partial charge is 0.266 e. The van der Waals surface area contributed by atoms with Gasteiger partial charge < -0.3 is 0 Å². The largest absolute Gasteiger partial charge is 0.288 e. The quantitative estimate of drug-likeness (QED) is 0.737. The molecule has 0 aliphatic carbocycles. The first kappa shape index (κ1) is 11.7. The highest BCUT2D eigenvalue weighted by Gasteiger charge is 2.39. The molecule has 2 amide bonds. The van der Waals surface area contributed by atoms with Gasteiger partial charge in [-0.1, -0.05) is 12.1 Å². The van der Waals surface area contributed by atoms with Crippen LogP contribution in [0.25, 0.3) is 0 Å². The average molecular weight is 255 g/mol. The van der Waals surface area contributed by atoms with Crippen molar-refractivity contribution in [3.05, 3.63) is 35.4 Å². The summed E-state index contributed by atoms with van der Waals surface area (Å²) in [7, 11) is -3.90. The molecular weight excluding hydrogens is 246 g/mol. The fraction of sp³-hybridized carbons (Fsp3) is 0.200. The highest BCUT2D eigenvalue weighted by Crippen LogP contribution is 2.23. The Labute approximate surface area is 97.9 Å². The van der Waals surface area contributed by atoms with Gasteiger partial charge in [0.1, 0.15) is 0 Å². The molecule has 0 radical (unpaired) electrons. The lowest BCUT2D eigenvalue weighted by molar-refractivity contribution is -0.0102. The maximum Gasteiger partial charge on any atom is 0.288 e. The van der Waals surface area contributed by atoms with Gasteiger partial charge in [0.2, 0.25) is 0 Å². The van der Waals surface area contributed by atoms with Crippen molar-refractivity contribution in [3.63, 3.8) is 0 Å². The SMILES string of the molecule is CCS(=O)(=O)ON1C(=O)c2ccccc2C1=O. The molecule has 7 heteroatoms. The van der Waals surface area contributed by atoms with Crippen LogP contribution in [0.15, 0.2) is 24.3 Å². The Hall–Kier alpha value is -1.73. The number of hydrogen-bond donors (Lipinski definition) is 0. The lowest BCUT2D eigenvalue weighted by Crippen LogP contribution is -2.33. The highest BCUT2D eigenvalue weighted by molar-refractivity contribution is 7.86. The number of nitrogens with zero attached hydrogens (tertiary/aromatic N) is 1. The fourth-order valence-corrected chi connectivity index (χ4v) is 1.87. The summed E-state index contributed by atoms with van der Waals surface area (Å²) < 4.78 is 26.9. The summed E-state index contributed by atoms with van der Waals surface area (Å²) in [5.41, 5.74) is 0.285. The monoisotopic (exact) mass is 255 g/mol. The second kappa shape index (κ2) is 3.94. The van der Waals surface area contributed by atoms with E-state index in [0.29, 0.717) is 0 Å². The Morgan fingerprint density at radius 2 is 1.59 bits per heavy atom. The zero-order chi connectivity index (χ0) is 12.6. The minimum Gasteiger partial charge on any atom is -0.266 e. The summed E-state index contributed by atoms with van der Waals surface area (Å²) in [5, 5.41) is 0.281. The number of hydroxylamine groups is 2. The van der Waals surface area contributed by atoms with Gasteiger partial charge in [-0.2, -0.15) is 8.42 Å². The van der Waals surface area contributed by atoms with E-state index in [9.17, 15) is 18.0 Å². The Kier molecular flexibility index (Phi) is 2.72. The second-order valence-electron chi connectivity index (χ2n) is 3.37. The van der Waals surface area contributed by atoms with Crippen LogP contribution >= 0.6 is 0 Å². The van der Waals surface area contributed by atoms with Crippen molar-refractivity contribution in [2.24, 2.45) is 0 Å². The summed E-state index contributed by atoms with van der Waals surface area (Å²) in [6.45, 7) is 1.35. The normalized spacial score (nSPS) is 15.2. The molecule has 2 rings (SSSR count). The topological polar surface area (TPSA) is 80.8 Å². The Morgan fingerprint density at radius 3 is 2.00 bits per heavy atom. The first-order valence-corrected chi connectivity index (χ1v) is 6.44. The van der Waals surface area contributed by atoms with Crippen LogP contribution in [-0.2, 0) is 14.4 Å². The molecule has 0 N–H and O–H groups in total. The van der Waals surface area contributed by atoms with E-state index < -0.39 is 21.9 Å². The van der Waals surface area contributed by atoms with Gasteiger partial charge in [0.05, 0.1) is 16.9 Å². The minimum atomic E-state index is -3.90. The highest BCUT2D eigenvalue weighted by atomic mass is 32.2. The van der Waals surface area contributed by atoms with E-state index in [0.717, 1.165) is 0 Å². The van der Waals surface area contributed by atoms with Crippen molar-refractivity contribution in [3.8, 4) is 0 Å². The van der Waals surface area contributed by atoms with Gasteiger partial charge in [-0.3, -0.25) is 9.59 Å². The molecule has 0 spiro atoms. The van der Waals surface area contributed by atoms with Gasteiger partial charge >= 0.3 is 0 Å². The standard InChI is InChI=1S/C10H9NO5S/c1-2-17(14,15)16-11-9(12)7-5-3-4-6-8(7)10(11)13/h3-6H,2H2,1H3. The second-order valence-corrected chi connectivity index (χ2v) is 5.21. The predicted octanol–water partition coefficient (Wildman–Crippen LogP) is 0.564. The van der Waals surface area contributed by atoms with Gasteiger partial charge in [0.15, 0.2) is 0 Å². The first-order chi connectivity index (χ1) is 7.96.